The third-order valence-corrected chi connectivity index (χ3v) is 16.9. The minimum Gasteiger partial charge on any atom is -0.495 e. The van der Waals surface area contributed by atoms with Crippen molar-refractivity contribution in [3.05, 3.63) is 76.3 Å². The minimum absolute atomic E-state index is 0.0180. The zero-order chi connectivity index (χ0) is 68.8. The van der Waals surface area contributed by atoms with E-state index in [-0.39, 0.29) is 95.0 Å². The van der Waals surface area contributed by atoms with Gasteiger partial charge in [-0.1, -0.05) is 89.6 Å². The van der Waals surface area contributed by atoms with Gasteiger partial charge in [-0.2, -0.15) is 8.42 Å². The number of aryl methyl sites for hydroxylation is 1. The molecule has 2 aliphatic heterocycles. The second-order valence-electron chi connectivity index (χ2n) is 24.7. The van der Waals surface area contributed by atoms with E-state index >= 15 is 0 Å². The predicted octanol–water partition coefficient (Wildman–Crippen LogP) is 4.39. The van der Waals surface area contributed by atoms with Gasteiger partial charge < -0.3 is 50.3 Å². The molecule has 2 aliphatic rings. The summed E-state index contributed by atoms with van der Waals surface area (Å²) in [6.45, 7) is 14.0. The van der Waals surface area contributed by atoms with Gasteiger partial charge in [0, 0.05) is 102 Å². The maximum absolute atomic E-state index is 14.0. The number of imide groups is 1. The molecule has 0 aliphatic carbocycles. The molecule has 2 aromatic carbocycles. The third kappa shape index (κ3) is 25.1. The van der Waals surface area contributed by atoms with Gasteiger partial charge in [0.2, 0.25) is 29.5 Å². The average molecular weight is 1330 g/mol. The number of carbonyl (C=O) groups excluding carboxylic acids is 12. The summed E-state index contributed by atoms with van der Waals surface area (Å²) in [7, 11) is -2.90. The number of hydrogen-bond acceptors (Lipinski definition) is 19. The molecule has 7 amide bonds. The molecule has 8 atom stereocenters. The zero-order valence-corrected chi connectivity index (χ0v) is 55.5. The van der Waals surface area contributed by atoms with E-state index in [0.717, 1.165) is 10.5 Å². The molecule has 0 spiro atoms. The second-order valence-corrected chi connectivity index (χ2v) is 26.7. The van der Waals surface area contributed by atoms with Gasteiger partial charge in [0.15, 0.2) is 11.9 Å². The predicted molar refractivity (Wildman–Crippen MR) is 334 cm³/mol. The summed E-state index contributed by atoms with van der Waals surface area (Å²) in [6.07, 6.45) is -2.74. The number of nitrogens with one attached hydrogen (secondary N) is 4. The highest BCUT2D eigenvalue weighted by atomic mass is 35.5. The van der Waals surface area contributed by atoms with E-state index in [1.807, 2.05) is 13.8 Å². The van der Waals surface area contributed by atoms with Crippen molar-refractivity contribution in [1.82, 2.24) is 31.2 Å². The molecule has 26 nitrogen and oxygen atoms in total. The number of ether oxygens (including phenoxy) is 3. The largest absolute Gasteiger partial charge is 0.495 e. The first-order chi connectivity index (χ1) is 43.1. The minimum atomic E-state index is -4.37. The first kappa shape index (κ1) is 76.8. The molecule has 2 heterocycles. The number of aliphatic hydroxyl groups is 1. The summed E-state index contributed by atoms with van der Waals surface area (Å²) in [5, 5.41) is 23.0. The number of nitrogens with zero attached hydrogens (tertiary/aromatic N) is 2. The number of halogens is 1. The SMILES string of the molecule is COc1ccc(C[C@@H]2NC(=O)/C=C/C[C@@H]([C@H](C)[C@@H](O)[C@H](C)c3ccc(CCC(=O)[C@H](C)NC(=O)[C@@H](CC(=O)CCN(CCC(=O)ON4C(=O)CCC4=O)C(=O)CCC(=O)NCCS(=O)(=O)O)C(C)C)cc3)OC(=O)[C@H](CC(C)C)OC(=O)C(C)(C)CNC2=O)cc1Cl. The van der Waals surface area contributed by atoms with Crippen LogP contribution in [0.15, 0.2) is 54.6 Å². The van der Waals surface area contributed by atoms with Gasteiger partial charge >= 0.3 is 17.9 Å². The lowest BCUT2D eigenvalue weighted by Crippen LogP contribution is -2.51. The Morgan fingerprint density at radius 2 is 1.50 bits per heavy atom. The second kappa shape index (κ2) is 36.0. The number of Topliss-reactive ketones (excluding diaryl/α,β-unsaturated/α-hetero) is 2. The van der Waals surface area contributed by atoms with Crippen molar-refractivity contribution >= 4 is 92.5 Å². The monoisotopic (exact) mass is 1330 g/mol. The molecule has 508 valence electrons. The number of hydrogen-bond donors (Lipinski definition) is 6. The number of aliphatic hydroxyl groups excluding tert-OH is 1. The number of hydroxylamine groups is 2. The van der Waals surface area contributed by atoms with E-state index in [4.69, 9.17) is 35.2 Å². The first-order valence-electron chi connectivity index (χ1n) is 30.8. The standard InChI is InChI=1S/C64H89ClN6O20S/c1-37(2)32-52-62(83)89-50(12-11-13-54(75)69-48(34-43-17-21-51(88-10)47(65)33-43)61(82)67-36-64(8,9)63(84)90-52)40(6)59(80)39(5)44-18-14-42(15-19-44)16-20-49(73)41(7)68-60(81)46(38(3)4)35-45(72)26-29-70(30-27-58(79)91-71-56(77)24-25-57(71)78)55(76)23-22-53(74)66-28-31-92(85,86)87/h11,13-15,17-19,21,33,37-41,46,48,50,52,59,80H,12,16,20,22-32,34-36H2,1-10H3,(H,66,74)(H,67,82)(H,68,81)(H,69,75)(H,85,86,87)/b13-11+/t39-,40+,41+,46+,48+,50+,52+,59+/m1/s1. The lowest BCUT2D eigenvalue weighted by atomic mass is 9.84. The molecule has 6 N–H and O–H groups in total. The molecule has 0 aromatic heterocycles. The average Bonchev–Trinajstić information content (AvgIpc) is 1.03. The Kier molecular flexibility index (Phi) is 30.1. The van der Waals surface area contributed by atoms with Gasteiger partial charge in [-0.3, -0.25) is 52.5 Å². The molecular formula is C64H89ClN6O20S. The van der Waals surface area contributed by atoms with E-state index < -0.39 is 160 Å². The molecule has 0 bridgehead atoms. The van der Waals surface area contributed by atoms with Crippen molar-refractivity contribution in [1.29, 1.82) is 0 Å². The van der Waals surface area contributed by atoms with Gasteiger partial charge in [0.25, 0.3) is 21.9 Å². The van der Waals surface area contributed by atoms with E-state index in [9.17, 15) is 71.1 Å². The van der Waals surface area contributed by atoms with Crippen LogP contribution in [0.1, 0.15) is 149 Å². The topological polar surface area (TPSA) is 371 Å². The van der Waals surface area contributed by atoms with Crippen molar-refractivity contribution in [2.45, 2.75) is 176 Å². The maximum atomic E-state index is 14.0. The number of rotatable bonds is 31. The fraction of sp³-hybridized carbons (Fsp3) is 0.594. The fourth-order valence-corrected chi connectivity index (χ4v) is 10.6. The molecule has 92 heavy (non-hydrogen) atoms. The highest BCUT2D eigenvalue weighted by Gasteiger charge is 2.39. The number of ketones is 2. The van der Waals surface area contributed by atoms with Gasteiger partial charge in [-0.05, 0) is 80.3 Å². The van der Waals surface area contributed by atoms with Crippen LogP contribution < -0.4 is 26.0 Å². The zero-order valence-electron chi connectivity index (χ0n) is 53.9. The molecule has 1 saturated heterocycles. The van der Waals surface area contributed by atoms with Crippen LogP contribution in [0.4, 0.5) is 0 Å². The van der Waals surface area contributed by atoms with Crippen LogP contribution in [0, 0.1) is 29.1 Å². The molecule has 2 aromatic rings. The molecule has 28 heteroatoms. The van der Waals surface area contributed by atoms with Crippen molar-refractivity contribution in [3.8, 4) is 5.75 Å². The summed E-state index contributed by atoms with van der Waals surface area (Å²) in [5.74, 6) is -11.1. The maximum Gasteiger partial charge on any atom is 0.347 e. The van der Waals surface area contributed by atoms with E-state index in [2.05, 4.69) is 21.3 Å². The van der Waals surface area contributed by atoms with E-state index in [1.54, 1.807) is 84.0 Å². The Labute approximate surface area is 542 Å². The Morgan fingerprint density at radius 3 is 2.11 bits per heavy atom. The first-order valence-corrected chi connectivity index (χ1v) is 32.7. The summed E-state index contributed by atoms with van der Waals surface area (Å²) in [6, 6.07) is 10.1. The van der Waals surface area contributed by atoms with Gasteiger partial charge in [-0.15, -0.1) is 5.06 Å². The van der Waals surface area contributed by atoms with Crippen LogP contribution in [-0.4, -0.2) is 168 Å². The Morgan fingerprint density at radius 1 is 0.859 bits per heavy atom. The van der Waals surface area contributed by atoms with Gasteiger partial charge in [0.05, 0.1) is 41.9 Å². The van der Waals surface area contributed by atoms with Crippen LogP contribution in [0.3, 0.4) is 0 Å². The van der Waals surface area contributed by atoms with Crippen LogP contribution in [-0.2, 0) is 94.8 Å². The lowest BCUT2D eigenvalue weighted by Gasteiger charge is -2.33. The normalized spacial score (nSPS) is 19.5. The number of amides is 7. The van der Waals surface area contributed by atoms with Crippen LogP contribution >= 0.6 is 11.6 Å². The lowest BCUT2D eigenvalue weighted by molar-refractivity contribution is -0.197. The summed E-state index contributed by atoms with van der Waals surface area (Å²) < 4.78 is 48.2. The number of methoxy groups -OCH3 is 1. The molecule has 0 radical (unpaired) electrons. The number of cyclic esters (lactones) is 2. The summed E-state index contributed by atoms with van der Waals surface area (Å²) in [5.41, 5.74) is 0.738. The van der Waals surface area contributed by atoms with Crippen LogP contribution in [0.2, 0.25) is 5.02 Å². The summed E-state index contributed by atoms with van der Waals surface area (Å²) in [4.78, 5) is 164. The van der Waals surface area contributed by atoms with Crippen LogP contribution in [0.5, 0.6) is 5.75 Å². The smallest absolute Gasteiger partial charge is 0.347 e. The van der Waals surface area contributed by atoms with Crippen molar-refractivity contribution in [2.75, 3.05) is 39.0 Å². The Hall–Kier alpha value is -7.62. The van der Waals surface area contributed by atoms with Crippen LogP contribution in [0.25, 0.3) is 0 Å². The van der Waals surface area contributed by atoms with Gasteiger partial charge in [-0.25, -0.2) is 9.59 Å². The Balaban J connectivity index is 1.39. The Bertz CT molecular complexity index is 3120. The number of esters is 2. The molecule has 1 fully saturated rings. The molecular weight excluding hydrogens is 1240 g/mol. The van der Waals surface area contributed by atoms with E-state index in [0.29, 0.717) is 27.0 Å². The fourth-order valence-electron chi connectivity index (χ4n) is 9.98. The highest BCUT2D eigenvalue weighted by Crippen LogP contribution is 2.31. The van der Waals surface area contributed by atoms with Crippen molar-refractivity contribution < 1.29 is 94.7 Å². The van der Waals surface area contributed by atoms with E-state index in [1.165, 1.54) is 26.2 Å². The number of benzene rings is 2. The summed E-state index contributed by atoms with van der Waals surface area (Å²) >= 11 is 6.38. The highest BCUT2D eigenvalue weighted by molar-refractivity contribution is 7.85. The van der Waals surface area contributed by atoms with Crippen molar-refractivity contribution in [3.63, 3.8) is 0 Å². The number of carbonyl (C=O) groups is 12. The quantitative estimate of drug-likeness (QED) is 0.0346. The van der Waals surface area contributed by atoms with Gasteiger partial charge in [0.1, 0.15) is 23.7 Å². The molecule has 0 unspecified atom stereocenters. The molecule has 0 saturated carbocycles. The van der Waals surface area contributed by atoms with Crippen molar-refractivity contribution in [2.24, 2.45) is 29.1 Å². The molecule has 4 rings (SSSR count). The third-order valence-electron chi connectivity index (χ3n) is 15.9.